The molecule has 0 aliphatic rings. The molecule has 19 N–H and O–H groups in total. The van der Waals surface area contributed by atoms with Crippen molar-refractivity contribution in [3.05, 3.63) is 83.9 Å². The van der Waals surface area contributed by atoms with Crippen LogP contribution in [0.5, 0.6) is 5.75 Å². The lowest BCUT2D eigenvalue weighted by Gasteiger charge is -2.28. The zero-order valence-corrected chi connectivity index (χ0v) is 49.2. The highest BCUT2D eigenvalue weighted by Gasteiger charge is 2.36. The number of nitrogens with one attached hydrogen (secondary N) is 10. The molecular weight excluding hydrogens is 1120 g/mol. The van der Waals surface area contributed by atoms with Crippen molar-refractivity contribution in [2.45, 2.75) is 173 Å². The maximum absolute atomic E-state index is 14.3. The molecule has 0 radical (unpaired) electrons. The van der Waals surface area contributed by atoms with Crippen LogP contribution in [0.1, 0.15) is 110 Å². The molecule has 10 amide bonds. The lowest BCUT2D eigenvalue weighted by atomic mass is 10.0. The number of imidazole rings is 1. The Kier molecular flexibility index (Phi) is 29.8. The number of aromatic hydroxyl groups is 1. The molecule has 2 aromatic carbocycles. The number of hydrogen-bond acceptors (Lipinski definition) is 16. The van der Waals surface area contributed by atoms with Crippen molar-refractivity contribution in [3.63, 3.8) is 0 Å². The Morgan fingerprint density at radius 2 is 1.01 bits per heavy atom. The van der Waals surface area contributed by atoms with E-state index in [1.54, 1.807) is 70.2 Å². The number of aromatic nitrogens is 2. The largest absolute Gasteiger partial charge is 0.508 e. The molecule has 29 heteroatoms. The van der Waals surface area contributed by atoms with Gasteiger partial charge in [0.05, 0.1) is 12.4 Å². The quantitative estimate of drug-likeness (QED) is 0.0274. The number of primary amides is 1. The number of H-pyrrole nitrogens is 1. The number of phenolic OH excluding ortho intramolecular Hbond substituents is 1. The van der Waals surface area contributed by atoms with E-state index in [9.17, 15) is 72.9 Å². The van der Waals surface area contributed by atoms with Gasteiger partial charge in [0.15, 0.2) is 0 Å². The highest BCUT2D eigenvalue weighted by molar-refractivity contribution is 5.99. The second-order valence-corrected chi connectivity index (χ2v) is 21.7. The van der Waals surface area contributed by atoms with Gasteiger partial charge in [-0.3, -0.25) is 52.7 Å². The third-order valence-corrected chi connectivity index (χ3v) is 13.5. The van der Waals surface area contributed by atoms with Crippen molar-refractivity contribution in [1.29, 1.82) is 0 Å². The van der Waals surface area contributed by atoms with Crippen molar-refractivity contribution < 1.29 is 72.9 Å². The molecule has 0 aliphatic heterocycles. The molecular formula is C57H84N14O15. The summed E-state index contributed by atoms with van der Waals surface area (Å²) in [6.45, 7) is 9.52. The van der Waals surface area contributed by atoms with E-state index in [4.69, 9.17) is 17.2 Å². The van der Waals surface area contributed by atoms with E-state index < -0.39 is 157 Å². The van der Waals surface area contributed by atoms with Gasteiger partial charge in [0.25, 0.3) is 0 Å². The summed E-state index contributed by atoms with van der Waals surface area (Å²) in [6.07, 6.45) is 1.28. The minimum Gasteiger partial charge on any atom is -0.508 e. The molecule has 86 heavy (non-hydrogen) atoms. The van der Waals surface area contributed by atoms with Crippen LogP contribution in [0.3, 0.4) is 0 Å². The van der Waals surface area contributed by atoms with Gasteiger partial charge >= 0.3 is 11.9 Å². The van der Waals surface area contributed by atoms with Gasteiger partial charge in [-0.2, -0.15) is 0 Å². The average Bonchev–Trinajstić information content (AvgIpc) is 4.13. The van der Waals surface area contributed by atoms with Crippen LogP contribution in [-0.2, 0) is 76.8 Å². The fourth-order valence-electron chi connectivity index (χ4n) is 8.64. The van der Waals surface area contributed by atoms with Gasteiger partial charge in [0.1, 0.15) is 60.1 Å². The summed E-state index contributed by atoms with van der Waals surface area (Å²) in [5, 5.41) is 51.6. The lowest BCUT2D eigenvalue weighted by molar-refractivity contribution is -0.142. The van der Waals surface area contributed by atoms with Crippen LogP contribution in [0.15, 0.2) is 67.1 Å². The number of benzene rings is 2. The van der Waals surface area contributed by atoms with Gasteiger partial charge in [-0.25, -0.2) is 9.78 Å². The third-order valence-electron chi connectivity index (χ3n) is 13.5. The second kappa shape index (κ2) is 36.0. The molecule has 10 atom stereocenters. The standard InChI is InChI=1S/C57H84N14O15/c1-30(2)24-42(54(82)63-32(5)49(77)70-44(57(85)86)26-34-12-8-7-9-13-34)69-51(79)39(14-10-11-23-58)66-52(80)40(19-21-45(60)73)67-55(83)43(27-36-28-61-29-62-36)68-48(76)33(6)64-56(84)47(31(3)4)71-53(81)41(20-22-46(74)75)65-50(78)38(59)25-35-15-17-37(72)18-16-35/h7-9,12-13,15-18,28-33,38-44,47,72H,10-11,14,19-27,58-59H2,1-6H3,(H2,60,73)(H,61,62)(H,63,82)(H,64,84)(H,65,78)(H,66,80)(H,67,83)(H,68,76)(H,69,79)(H,70,77)(H,71,81)(H,74,75)(H,85,86)/t32-,33-,38-,39-,40-,41-,42-,43-,44-,47-/m0/s1. The van der Waals surface area contributed by atoms with Crippen molar-refractivity contribution in [1.82, 2.24) is 57.8 Å². The van der Waals surface area contributed by atoms with Gasteiger partial charge in [0, 0.05) is 37.6 Å². The molecule has 0 spiro atoms. The lowest BCUT2D eigenvalue weighted by Crippen LogP contribution is -2.61. The third kappa shape index (κ3) is 25.5. The molecule has 0 unspecified atom stereocenters. The summed E-state index contributed by atoms with van der Waals surface area (Å²) in [5.41, 5.74) is 18.9. The van der Waals surface area contributed by atoms with Gasteiger partial charge in [-0.1, -0.05) is 70.2 Å². The van der Waals surface area contributed by atoms with Crippen molar-refractivity contribution in [3.8, 4) is 5.75 Å². The van der Waals surface area contributed by atoms with E-state index in [1.165, 1.54) is 38.5 Å². The van der Waals surface area contributed by atoms with E-state index in [1.807, 2.05) is 0 Å². The first-order chi connectivity index (χ1) is 40.6. The first-order valence-electron chi connectivity index (χ1n) is 28.3. The van der Waals surface area contributed by atoms with Gasteiger partial charge < -0.3 is 85.4 Å². The number of nitrogens with two attached hydrogens (primary N) is 3. The number of aromatic amines is 1. The minimum atomic E-state index is -1.58. The maximum Gasteiger partial charge on any atom is 0.326 e. The molecule has 1 heterocycles. The molecule has 0 aliphatic carbocycles. The molecule has 0 saturated carbocycles. The zero-order chi connectivity index (χ0) is 64.2. The highest BCUT2D eigenvalue weighted by Crippen LogP contribution is 2.14. The molecule has 29 nitrogen and oxygen atoms in total. The van der Waals surface area contributed by atoms with Crippen LogP contribution in [0.4, 0.5) is 0 Å². The summed E-state index contributed by atoms with van der Waals surface area (Å²) in [5.74, 6) is -12.3. The summed E-state index contributed by atoms with van der Waals surface area (Å²) in [7, 11) is 0. The normalized spacial score (nSPS) is 14.6. The summed E-state index contributed by atoms with van der Waals surface area (Å²) in [6, 6.07) is 0.659. The Morgan fingerprint density at radius 1 is 0.523 bits per heavy atom. The van der Waals surface area contributed by atoms with Crippen LogP contribution in [0.2, 0.25) is 0 Å². The Hall–Kier alpha value is -8.99. The SMILES string of the molecule is CC(C)C[C@H](NC(=O)[C@H](CCCCN)NC(=O)[C@H](CCC(N)=O)NC(=O)[C@H](Cc1cnc[nH]1)NC(=O)[C@H](C)NC(=O)[C@@H](NC(=O)[C@H](CCC(=O)O)NC(=O)[C@@H](N)Cc1ccc(O)cc1)C(C)C)C(=O)N[C@@H](C)C(=O)N[C@@H](Cc1ccccc1)C(=O)O. The number of phenols is 1. The van der Waals surface area contributed by atoms with Crippen molar-refractivity contribution >= 4 is 71.0 Å². The Labute approximate surface area is 498 Å². The van der Waals surface area contributed by atoms with Gasteiger partial charge in [0.2, 0.25) is 59.1 Å². The molecule has 472 valence electrons. The first kappa shape index (κ1) is 71.3. The predicted octanol–water partition coefficient (Wildman–Crippen LogP) is -2.08. The molecule has 0 fully saturated rings. The number of rotatable bonds is 38. The monoisotopic (exact) mass is 1200 g/mol. The smallest absolute Gasteiger partial charge is 0.326 e. The highest BCUT2D eigenvalue weighted by atomic mass is 16.4. The van der Waals surface area contributed by atoms with Crippen molar-refractivity contribution in [2.24, 2.45) is 29.0 Å². The maximum atomic E-state index is 14.3. The number of carbonyl (C=O) groups is 12. The number of amides is 10. The Morgan fingerprint density at radius 3 is 1.53 bits per heavy atom. The summed E-state index contributed by atoms with van der Waals surface area (Å²) < 4.78 is 0. The number of carbonyl (C=O) groups excluding carboxylic acids is 10. The fourth-order valence-corrected chi connectivity index (χ4v) is 8.64. The van der Waals surface area contributed by atoms with Crippen LogP contribution in [0.25, 0.3) is 0 Å². The number of carboxylic acid groups (broad SMARTS) is 2. The van der Waals surface area contributed by atoms with E-state index in [0.717, 1.165) is 0 Å². The molecule has 3 aromatic rings. The molecule has 0 bridgehead atoms. The first-order valence-corrected chi connectivity index (χ1v) is 28.3. The van der Waals surface area contributed by atoms with E-state index in [0.29, 0.717) is 29.7 Å². The topological polar surface area (TPSA) is 481 Å². The summed E-state index contributed by atoms with van der Waals surface area (Å²) >= 11 is 0. The van der Waals surface area contributed by atoms with Crippen molar-refractivity contribution in [2.75, 3.05) is 6.54 Å². The molecule has 3 rings (SSSR count). The van der Waals surface area contributed by atoms with E-state index in [2.05, 4.69) is 57.8 Å². The molecule has 1 aromatic heterocycles. The Balaban J connectivity index is 1.80. The zero-order valence-electron chi connectivity index (χ0n) is 49.2. The summed E-state index contributed by atoms with van der Waals surface area (Å²) in [4.78, 5) is 167. The fraction of sp³-hybridized carbons (Fsp3) is 0.526. The van der Waals surface area contributed by atoms with E-state index in [-0.39, 0.29) is 56.7 Å². The number of carboxylic acids is 2. The number of nitrogens with zero attached hydrogens (tertiary/aromatic N) is 1. The number of hydrogen-bond donors (Lipinski definition) is 16. The number of aliphatic carboxylic acids is 2. The average molecular weight is 1210 g/mol. The Bertz CT molecular complexity index is 2770. The van der Waals surface area contributed by atoms with Gasteiger partial charge in [-0.05, 0) is 100 Å². The van der Waals surface area contributed by atoms with Gasteiger partial charge in [-0.15, -0.1) is 0 Å². The van der Waals surface area contributed by atoms with E-state index >= 15 is 0 Å². The van der Waals surface area contributed by atoms with Crippen LogP contribution in [-0.4, -0.2) is 163 Å². The second-order valence-electron chi connectivity index (χ2n) is 21.7. The predicted molar refractivity (Wildman–Crippen MR) is 311 cm³/mol. The van der Waals surface area contributed by atoms with Crippen LogP contribution >= 0.6 is 0 Å². The minimum absolute atomic E-state index is 0.00324. The number of unbranched alkanes of at least 4 members (excludes halogenated alkanes) is 1. The molecule has 0 saturated heterocycles. The van der Waals surface area contributed by atoms with Crippen LogP contribution in [0, 0.1) is 11.8 Å². The van der Waals surface area contributed by atoms with Crippen LogP contribution < -0.4 is 65.1 Å².